The molecule has 0 radical (unpaired) electrons. The van der Waals surface area contributed by atoms with Crippen LogP contribution in [0.15, 0.2) is 12.7 Å². The smallest absolute Gasteiger partial charge is 0.310 e. The lowest BCUT2D eigenvalue weighted by molar-refractivity contribution is -0.152. The molecular formula is C20H29BrN2O6. The van der Waals surface area contributed by atoms with Gasteiger partial charge in [-0.3, -0.25) is 14.4 Å². The molecular weight excluding hydrogens is 444 g/mol. The summed E-state index contributed by atoms with van der Waals surface area (Å²) in [5, 5.41) is 19.6. The number of carbonyl (C=O) groups is 3. The van der Waals surface area contributed by atoms with Gasteiger partial charge in [-0.2, -0.15) is 0 Å². The SMILES string of the molecule is C=CCN(CCCC)C(=O)C1N([C@H](C)CO)C(=O)[C@@H]2[C@@H](C(=O)O)[C@@H]3OC12CC3Br. The van der Waals surface area contributed by atoms with E-state index in [2.05, 4.69) is 22.5 Å². The van der Waals surface area contributed by atoms with Gasteiger partial charge in [-0.15, -0.1) is 6.58 Å². The third-order valence-electron chi connectivity index (χ3n) is 6.43. The molecule has 0 aromatic carbocycles. The fourth-order valence-corrected chi connectivity index (χ4v) is 6.10. The highest BCUT2D eigenvalue weighted by atomic mass is 79.9. The van der Waals surface area contributed by atoms with E-state index in [0.717, 1.165) is 12.8 Å². The zero-order valence-corrected chi connectivity index (χ0v) is 18.4. The maximum absolute atomic E-state index is 13.7. The Kier molecular flexibility index (Phi) is 6.41. The van der Waals surface area contributed by atoms with E-state index in [9.17, 15) is 24.6 Å². The minimum atomic E-state index is -1.20. The van der Waals surface area contributed by atoms with E-state index in [4.69, 9.17) is 4.74 Å². The number of amides is 2. The second-order valence-electron chi connectivity index (χ2n) is 8.21. The average molecular weight is 473 g/mol. The van der Waals surface area contributed by atoms with E-state index in [1.807, 2.05) is 6.92 Å². The average Bonchev–Trinajstić information content (AvgIpc) is 3.27. The molecule has 29 heavy (non-hydrogen) atoms. The normalized spacial score (nSPS) is 36.2. The van der Waals surface area contributed by atoms with Gasteiger partial charge in [-0.1, -0.05) is 35.4 Å². The van der Waals surface area contributed by atoms with Crippen LogP contribution in [-0.4, -0.2) is 86.1 Å². The fourth-order valence-electron chi connectivity index (χ4n) is 5.16. The Morgan fingerprint density at radius 1 is 1.52 bits per heavy atom. The van der Waals surface area contributed by atoms with Crippen molar-refractivity contribution in [2.45, 2.75) is 61.7 Å². The first-order chi connectivity index (χ1) is 13.7. The van der Waals surface area contributed by atoms with E-state index in [0.29, 0.717) is 19.5 Å². The second-order valence-corrected chi connectivity index (χ2v) is 9.38. The fraction of sp³-hybridized carbons (Fsp3) is 0.750. The van der Waals surface area contributed by atoms with Crippen molar-refractivity contribution in [3.8, 4) is 0 Å². The summed E-state index contributed by atoms with van der Waals surface area (Å²) in [5.41, 5.74) is -1.20. The van der Waals surface area contributed by atoms with Crippen LogP contribution in [0.3, 0.4) is 0 Å². The van der Waals surface area contributed by atoms with Gasteiger partial charge in [-0.05, 0) is 19.8 Å². The number of hydrogen-bond donors (Lipinski definition) is 2. The molecule has 3 unspecified atom stereocenters. The minimum absolute atomic E-state index is 0.254. The summed E-state index contributed by atoms with van der Waals surface area (Å²) in [6, 6.07) is -1.59. The summed E-state index contributed by atoms with van der Waals surface area (Å²) in [6.07, 6.45) is 3.05. The van der Waals surface area contributed by atoms with Crippen LogP contribution in [-0.2, 0) is 19.1 Å². The Balaban J connectivity index is 2.06. The van der Waals surface area contributed by atoms with Gasteiger partial charge in [0, 0.05) is 17.9 Å². The summed E-state index contributed by atoms with van der Waals surface area (Å²) in [4.78, 5) is 41.8. The van der Waals surface area contributed by atoms with Crippen molar-refractivity contribution in [2.75, 3.05) is 19.7 Å². The molecule has 3 fully saturated rings. The highest BCUT2D eigenvalue weighted by Crippen LogP contribution is 2.60. The Labute approximate surface area is 179 Å². The van der Waals surface area contributed by atoms with Crippen molar-refractivity contribution in [1.82, 2.24) is 9.80 Å². The predicted molar refractivity (Wildman–Crippen MR) is 108 cm³/mol. The first kappa shape index (κ1) is 22.2. The summed E-state index contributed by atoms with van der Waals surface area (Å²) in [7, 11) is 0. The van der Waals surface area contributed by atoms with Crippen LogP contribution in [0.1, 0.15) is 33.1 Å². The topological polar surface area (TPSA) is 107 Å². The number of hydrogen-bond acceptors (Lipinski definition) is 5. The number of halogens is 1. The summed E-state index contributed by atoms with van der Waals surface area (Å²) >= 11 is 3.51. The molecule has 0 aliphatic carbocycles. The van der Waals surface area contributed by atoms with Crippen LogP contribution in [0.5, 0.6) is 0 Å². The highest BCUT2D eigenvalue weighted by Gasteiger charge is 2.77. The van der Waals surface area contributed by atoms with Gasteiger partial charge in [-0.25, -0.2) is 0 Å². The van der Waals surface area contributed by atoms with Crippen molar-refractivity contribution in [1.29, 1.82) is 0 Å². The van der Waals surface area contributed by atoms with Gasteiger partial charge < -0.3 is 24.7 Å². The Hall–Kier alpha value is -1.45. The number of rotatable bonds is 9. The lowest BCUT2D eigenvalue weighted by Crippen LogP contribution is -2.58. The molecule has 1 spiro atoms. The summed E-state index contributed by atoms with van der Waals surface area (Å²) < 4.78 is 6.19. The van der Waals surface area contributed by atoms with Crippen LogP contribution < -0.4 is 0 Å². The van der Waals surface area contributed by atoms with Gasteiger partial charge in [0.25, 0.3) is 0 Å². The Morgan fingerprint density at radius 3 is 2.76 bits per heavy atom. The number of aliphatic carboxylic acids is 1. The lowest BCUT2D eigenvalue weighted by atomic mass is 9.70. The maximum Gasteiger partial charge on any atom is 0.310 e. The molecule has 8 nitrogen and oxygen atoms in total. The van der Waals surface area contributed by atoms with Crippen LogP contribution >= 0.6 is 15.9 Å². The number of alkyl halides is 1. The lowest BCUT2D eigenvalue weighted by Gasteiger charge is -2.38. The number of carbonyl (C=O) groups excluding carboxylic acids is 2. The number of aliphatic hydroxyl groups is 1. The highest BCUT2D eigenvalue weighted by molar-refractivity contribution is 9.09. The molecule has 3 aliphatic rings. The van der Waals surface area contributed by atoms with Gasteiger partial charge in [0.05, 0.1) is 30.6 Å². The van der Waals surface area contributed by atoms with E-state index < -0.39 is 47.5 Å². The third-order valence-corrected chi connectivity index (χ3v) is 7.27. The maximum atomic E-state index is 13.7. The second kappa shape index (κ2) is 8.35. The standard InChI is InChI=1S/C20H29BrN2O6/c1-4-6-8-22(7-5-2)18(26)16-20-9-12(21)15(29-20)13(19(27)28)14(20)17(25)23(16)11(3)10-24/h5,11-16,24H,2,4,6-10H2,1,3H3,(H,27,28)/t11-,12?,13-,14+,15-,16?,20?/m1/s1. The third kappa shape index (κ3) is 3.31. The summed E-state index contributed by atoms with van der Waals surface area (Å²) in [6.45, 7) is 7.93. The molecule has 0 aromatic heterocycles. The molecule has 3 aliphatic heterocycles. The number of carboxylic acids is 1. The van der Waals surface area contributed by atoms with Crippen molar-refractivity contribution in [3.63, 3.8) is 0 Å². The number of fused-ring (bicyclic) bond motifs is 1. The molecule has 9 heteroatoms. The molecule has 2 N–H and O–H groups in total. The molecule has 3 saturated heterocycles. The van der Waals surface area contributed by atoms with Crippen molar-refractivity contribution < 1.29 is 29.3 Å². The molecule has 3 rings (SSSR count). The van der Waals surface area contributed by atoms with Crippen molar-refractivity contribution in [2.24, 2.45) is 11.8 Å². The van der Waals surface area contributed by atoms with E-state index >= 15 is 0 Å². The van der Waals surface area contributed by atoms with E-state index in [1.165, 1.54) is 4.90 Å². The number of aliphatic hydroxyl groups excluding tert-OH is 1. The summed E-state index contributed by atoms with van der Waals surface area (Å²) in [5.74, 6) is -3.75. The first-order valence-corrected chi connectivity index (χ1v) is 11.0. The number of likely N-dealkylation sites (tertiary alicyclic amines) is 1. The Morgan fingerprint density at radius 2 is 2.21 bits per heavy atom. The zero-order valence-electron chi connectivity index (χ0n) is 16.8. The zero-order chi connectivity index (χ0) is 21.5. The van der Waals surface area contributed by atoms with Crippen molar-refractivity contribution in [3.05, 3.63) is 12.7 Å². The number of unbranched alkanes of at least 4 members (excludes halogenated alkanes) is 1. The van der Waals surface area contributed by atoms with Gasteiger partial charge >= 0.3 is 5.97 Å². The molecule has 2 bridgehead atoms. The Bertz CT molecular complexity index is 702. The van der Waals surface area contributed by atoms with Crippen LogP contribution in [0, 0.1) is 11.8 Å². The van der Waals surface area contributed by atoms with Gasteiger partial charge in [0.15, 0.2) is 0 Å². The quantitative estimate of drug-likeness (QED) is 0.383. The van der Waals surface area contributed by atoms with E-state index in [-0.39, 0.29) is 17.3 Å². The molecule has 0 saturated carbocycles. The molecule has 162 valence electrons. The monoisotopic (exact) mass is 472 g/mol. The van der Waals surface area contributed by atoms with Gasteiger partial charge in [0.2, 0.25) is 11.8 Å². The molecule has 2 amide bonds. The molecule has 7 atom stereocenters. The number of ether oxygens (including phenoxy) is 1. The van der Waals surface area contributed by atoms with Crippen LogP contribution in [0.4, 0.5) is 0 Å². The molecule has 0 aromatic rings. The van der Waals surface area contributed by atoms with Gasteiger partial charge in [0.1, 0.15) is 11.6 Å². The first-order valence-electron chi connectivity index (χ1n) is 10.1. The van der Waals surface area contributed by atoms with Crippen LogP contribution in [0.25, 0.3) is 0 Å². The van der Waals surface area contributed by atoms with Crippen LogP contribution in [0.2, 0.25) is 0 Å². The minimum Gasteiger partial charge on any atom is -0.481 e. The van der Waals surface area contributed by atoms with E-state index in [1.54, 1.807) is 17.9 Å². The number of carboxylic acid groups (broad SMARTS) is 1. The number of nitrogens with zero attached hydrogens (tertiary/aromatic N) is 2. The molecule has 3 heterocycles. The predicted octanol–water partition coefficient (Wildman–Crippen LogP) is 1.01. The van der Waals surface area contributed by atoms with Crippen molar-refractivity contribution >= 4 is 33.7 Å². The largest absolute Gasteiger partial charge is 0.481 e.